The van der Waals surface area contributed by atoms with Gasteiger partial charge in [-0.05, 0) is 17.7 Å². The molecule has 86 valence electrons. The van der Waals surface area contributed by atoms with E-state index in [4.69, 9.17) is 9.84 Å². The molecular weight excluding hydrogens is 208 g/mol. The normalized spacial score (nSPS) is 29.2. The van der Waals surface area contributed by atoms with E-state index in [1.165, 1.54) is 6.07 Å². The van der Waals surface area contributed by atoms with Gasteiger partial charge in [0, 0.05) is 5.41 Å². The average Bonchev–Trinajstić information content (AvgIpc) is 2.61. The van der Waals surface area contributed by atoms with Crippen molar-refractivity contribution in [2.24, 2.45) is 0 Å². The maximum absolute atomic E-state index is 10.9. The fourth-order valence-corrected chi connectivity index (χ4v) is 1.95. The van der Waals surface area contributed by atoms with E-state index in [2.05, 4.69) is 0 Å². The first-order valence-electron chi connectivity index (χ1n) is 5.14. The summed E-state index contributed by atoms with van der Waals surface area (Å²) in [6.07, 6.45) is -0.587. The highest BCUT2D eigenvalue weighted by molar-refractivity contribution is 5.87. The van der Waals surface area contributed by atoms with Crippen molar-refractivity contribution in [3.8, 4) is 0 Å². The molecule has 1 aromatic rings. The van der Waals surface area contributed by atoms with Crippen LogP contribution in [0.15, 0.2) is 24.3 Å². The summed E-state index contributed by atoms with van der Waals surface area (Å²) < 4.78 is 5.23. The first-order chi connectivity index (χ1) is 7.54. The maximum atomic E-state index is 10.9. The highest BCUT2D eigenvalue weighted by Crippen LogP contribution is 2.33. The number of ether oxygens (including phenoxy) is 1. The largest absolute Gasteiger partial charge is 0.478 e. The molecule has 0 unspecified atom stereocenters. The van der Waals surface area contributed by atoms with Gasteiger partial charge in [-0.2, -0.15) is 0 Å². The lowest BCUT2D eigenvalue weighted by atomic mass is 9.79. The van der Waals surface area contributed by atoms with Gasteiger partial charge < -0.3 is 14.9 Å². The van der Waals surface area contributed by atoms with E-state index in [0.717, 1.165) is 5.56 Å². The molecular formula is C12H14O4. The SMILES string of the molecule is C[C@]1(c2cccc(C(=O)O)c2)COC[C@H]1O. The Kier molecular flexibility index (Phi) is 2.69. The summed E-state index contributed by atoms with van der Waals surface area (Å²) in [5.74, 6) is -0.959. The molecule has 0 saturated carbocycles. The lowest BCUT2D eigenvalue weighted by Crippen LogP contribution is -2.35. The second-order valence-electron chi connectivity index (χ2n) is 4.33. The topological polar surface area (TPSA) is 66.8 Å². The van der Waals surface area contributed by atoms with Crippen molar-refractivity contribution in [1.82, 2.24) is 0 Å². The number of hydrogen-bond donors (Lipinski definition) is 2. The number of rotatable bonds is 2. The van der Waals surface area contributed by atoms with Gasteiger partial charge in [-0.25, -0.2) is 4.79 Å². The summed E-state index contributed by atoms with van der Waals surface area (Å²) in [6.45, 7) is 2.59. The van der Waals surface area contributed by atoms with Gasteiger partial charge in [0.05, 0.1) is 24.9 Å². The fraction of sp³-hybridized carbons (Fsp3) is 0.417. The highest BCUT2D eigenvalue weighted by atomic mass is 16.5. The Hall–Kier alpha value is -1.39. The monoisotopic (exact) mass is 222 g/mol. The summed E-state index contributed by atoms with van der Waals surface area (Å²) >= 11 is 0. The van der Waals surface area contributed by atoms with Gasteiger partial charge in [0.15, 0.2) is 0 Å². The zero-order valence-electron chi connectivity index (χ0n) is 9.01. The van der Waals surface area contributed by atoms with Crippen molar-refractivity contribution in [3.63, 3.8) is 0 Å². The summed E-state index contributed by atoms with van der Waals surface area (Å²) in [6, 6.07) is 6.65. The van der Waals surface area contributed by atoms with Gasteiger partial charge in [0.25, 0.3) is 0 Å². The van der Waals surface area contributed by atoms with Crippen molar-refractivity contribution in [2.75, 3.05) is 13.2 Å². The standard InChI is InChI=1S/C12H14O4/c1-12(7-16-6-10(12)13)9-4-2-3-8(5-9)11(14)15/h2-5,10,13H,6-7H2,1H3,(H,14,15)/t10-,12-/m1/s1. The van der Waals surface area contributed by atoms with E-state index in [9.17, 15) is 9.90 Å². The minimum atomic E-state index is -0.959. The summed E-state index contributed by atoms with van der Waals surface area (Å²) in [4.78, 5) is 10.9. The zero-order valence-corrected chi connectivity index (χ0v) is 9.01. The van der Waals surface area contributed by atoms with Crippen LogP contribution in [0.2, 0.25) is 0 Å². The van der Waals surface area contributed by atoms with Gasteiger partial charge in [0.1, 0.15) is 0 Å². The van der Waals surface area contributed by atoms with Crippen molar-refractivity contribution in [2.45, 2.75) is 18.4 Å². The van der Waals surface area contributed by atoms with Crippen LogP contribution < -0.4 is 0 Å². The molecule has 0 amide bonds. The van der Waals surface area contributed by atoms with Crippen LogP contribution in [-0.4, -0.2) is 35.5 Å². The van der Waals surface area contributed by atoms with Crippen molar-refractivity contribution < 1.29 is 19.7 Å². The molecule has 0 aliphatic carbocycles. The van der Waals surface area contributed by atoms with E-state index in [0.29, 0.717) is 13.2 Å². The summed E-state index contributed by atoms with van der Waals surface area (Å²) in [7, 11) is 0. The molecule has 1 aliphatic heterocycles. The summed E-state index contributed by atoms with van der Waals surface area (Å²) in [5.41, 5.74) is 0.529. The van der Waals surface area contributed by atoms with Gasteiger partial charge >= 0.3 is 5.97 Å². The quantitative estimate of drug-likeness (QED) is 0.784. The molecule has 4 nitrogen and oxygen atoms in total. The lowest BCUT2D eigenvalue weighted by Gasteiger charge is -2.26. The zero-order chi connectivity index (χ0) is 11.8. The van der Waals surface area contributed by atoms with Gasteiger partial charge in [-0.15, -0.1) is 0 Å². The van der Waals surface area contributed by atoms with Crippen LogP contribution in [0.5, 0.6) is 0 Å². The predicted octanol–water partition coefficient (Wildman–Crippen LogP) is 1.03. The number of carboxylic acid groups (broad SMARTS) is 1. The lowest BCUT2D eigenvalue weighted by molar-refractivity contribution is 0.0696. The number of aliphatic hydroxyl groups excluding tert-OH is 1. The third-order valence-corrected chi connectivity index (χ3v) is 3.18. The molecule has 1 aromatic carbocycles. The predicted molar refractivity (Wildman–Crippen MR) is 57.6 cm³/mol. The van der Waals surface area contributed by atoms with Crippen LogP contribution >= 0.6 is 0 Å². The van der Waals surface area contributed by atoms with E-state index in [1.54, 1.807) is 12.1 Å². The number of aliphatic hydroxyl groups is 1. The molecule has 2 atom stereocenters. The fourth-order valence-electron chi connectivity index (χ4n) is 1.95. The number of carboxylic acids is 1. The molecule has 16 heavy (non-hydrogen) atoms. The average molecular weight is 222 g/mol. The Labute approximate surface area is 93.5 Å². The van der Waals surface area contributed by atoms with Crippen molar-refractivity contribution in [3.05, 3.63) is 35.4 Å². The minimum Gasteiger partial charge on any atom is -0.478 e. The van der Waals surface area contributed by atoms with Crippen LogP contribution in [0, 0.1) is 0 Å². The molecule has 1 fully saturated rings. The third kappa shape index (κ3) is 1.70. The van der Waals surface area contributed by atoms with Crippen LogP contribution in [-0.2, 0) is 10.2 Å². The van der Waals surface area contributed by atoms with E-state index >= 15 is 0 Å². The van der Waals surface area contributed by atoms with Crippen molar-refractivity contribution >= 4 is 5.97 Å². The Morgan fingerprint density at radius 1 is 1.56 bits per heavy atom. The highest BCUT2D eigenvalue weighted by Gasteiger charge is 2.40. The molecule has 1 aliphatic rings. The maximum Gasteiger partial charge on any atom is 0.335 e. The van der Waals surface area contributed by atoms with Crippen LogP contribution in [0.1, 0.15) is 22.8 Å². The summed E-state index contributed by atoms with van der Waals surface area (Å²) in [5, 5.41) is 18.8. The molecule has 1 heterocycles. The smallest absolute Gasteiger partial charge is 0.335 e. The molecule has 1 saturated heterocycles. The first kappa shape index (κ1) is 11.1. The minimum absolute atomic E-state index is 0.234. The Morgan fingerprint density at radius 2 is 2.31 bits per heavy atom. The van der Waals surface area contributed by atoms with Crippen LogP contribution in [0.4, 0.5) is 0 Å². The molecule has 2 N–H and O–H groups in total. The number of benzene rings is 1. The Bertz CT molecular complexity index is 415. The van der Waals surface area contributed by atoms with E-state index < -0.39 is 17.5 Å². The Morgan fingerprint density at radius 3 is 2.88 bits per heavy atom. The molecule has 4 heteroatoms. The van der Waals surface area contributed by atoms with Crippen LogP contribution in [0.3, 0.4) is 0 Å². The third-order valence-electron chi connectivity index (χ3n) is 3.18. The molecule has 0 aromatic heterocycles. The number of carbonyl (C=O) groups is 1. The van der Waals surface area contributed by atoms with Gasteiger partial charge in [-0.1, -0.05) is 19.1 Å². The number of hydrogen-bond acceptors (Lipinski definition) is 3. The van der Waals surface area contributed by atoms with Gasteiger partial charge in [-0.3, -0.25) is 0 Å². The molecule has 0 spiro atoms. The Balaban J connectivity index is 2.40. The second-order valence-corrected chi connectivity index (χ2v) is 4.33. The number of aromatic carboxylic acids is 1. The first-order valence-corrected chi connectivity index (χ1v) is 5.14. The van der Waals surface area contributed by atoms with Crippen molar-refractivity contribution in [1.29, 1.82) is 0 Å². The van der Waals surface area contributed by atoms with E-state index in [-0.39, 0.29) is 5.56 Å². The second kappa shape index (κ2) is 3.88. The van der Waals surface area contributed by atoms with Gasteiger partial charge in [0.2, 0.25) is 0 Å². The molecule has 0 radical (unpaired) electrons. The van der Waals surface area contributed by atoms with Crippen LogP contribution in [0.25, 0.3) is 0 Å². The molecule has 0 bridgehead atoms. The van der Waals surface area contributed by atoms with E-state index in [1.807, 2.05) is 13.0 Å². The molecule has 2 rings (SSSR count).